The highest BCUT2D eigenvalue weighted by Gasteiger charge is 2.08. The molecule has 0 aromatic heterocycles. The van der Waals surface area contributed by atoms with Crippen LogP contribution in [0.4, 0.5) is 0 Å². The molecule has 3 aromatic carbocycles. The third-order valence-electron chi connectivity index (χ3n) is 3.69. The highest BCUT2D eigenvalue weighted by molar-refractivity contribution is 5.91. The molecule has 0 atom stereocenters. The third kappa shape index (κ3) is 4.30. The fourth-order valence-corrected chi connectivity index (χ4v) is 2.40. The van der Waals surface area contributed by atoms with Crippen molar-refractivity contribution in [1.82, 2.24) is 0 Å². The van der Waals surface area contributed by atoms with Crippen molar-refractivity contribution in [2.24, 2.45) is 0 Å². The summed E-state index contributed by atoms with van der Waals surface area (Å²) in [5.41, 5.74) is 3.10. The van der Waals surface area contributed by atoms with Crippen LogP contribution in [0.3, 0.4) is 0 Å². The van der Waals surface area contributed by atoms with E-state index in [1.165, 1.54) is 11.1 Å². The lowest BCUT2D eigenvalue weighted by Crippen LogP contribution is -2.08. The normalized spacial score (nSPS) is 10.3. The van der Waals surface area contributed by atoms with Gasteiger partial charge in [-0.05, 0) is 48.2 Å². The van der Waals surface area contributed by atoms with Gasteiger partial charge in [-0.3, -0.25) is 0 Å². The predicted octanol–water partition coefficient (Wildman–Crippen LogP) is 4.69. The summed E-state index contributed by atoms with van der Waals surface area (Å²) >= 11 is 0. The maximum atomic E-state index is 12.1. The molecule has 23 heavy (non-hydrogen) atoms. The van der Waals surface area contributed by atoms with E-state index >= 15 is 0 Å². The van der Waals surface area contributed by atoms with Gasteiger partial charge < -0.3 is 4.74 Å². The van der Waals surface area contributed by atoms with E-state index in [0.717, 1.165) is 12.8 Å². The molecule has 114 valence electrons. The van der Waals surface area contributed by atoms with Crippen molar-refractivity contribution in [1.29, 1.82) is 0 Å². The lowest BCUT2D eigenvalue weighted by atomic mass is 10.0. The Morgan fingerprint density at radius 1 is 0.652 bits per heavy atom. The molecule has 0 N–H and O–H groups in total. The van der Waals surface area contributed by atoms with Gasteiger partial charge in [-0.1, -0.05) is 60.7 Å². The molecule has 3 aromatic rings. The van der Waals surface area contributed by atoms with Crippen LogP contribution in [-0.4, -0.2) is 5.97 Å². The molecule has 0 heterocycles. The van der Waals surface area contributed by atoms with Crippen molar-refractivity contribution in [3.63, 3.8) is 0 Å². The summed E-state index contributed by atoms with van der Waals surface area (Å²) in [6.07, 6.45) is 1.95. The van der Waals surface area contributed by atoms with Gasteiger partial charge in [0, 0.05) is 0 Å². The molecule has 0 unspecified atom stereocenters. The average molecular weight is 302 g/mol. The van der Waals surface area contributed by atoms with E-state index in [-0.39, 0.29) is 5.97 Å². The first kappa shape index (κ1) is 15.0. The number of rotatable bonds is 5. The summed E-state index contributed by atoms with van der Waals surface area (Å²) in [5, 5.41) is 0. The van der Waals surface area contributed by atoms with E-state index in [4.69, 9.17) is 4.74 Å². The van der Waals surface area contributed by atoms with E-state index in [2.05, 4.69) is 24.3 Å². The Balaban J connectivity index is 1.59. The molecule has 0 amide bonds. The van der Waals surface area contributed by atoms with Gasteiger partial charge in [0.15, 0.2) is 0 Å². The fraction of sp³-hybridized carbons (Fsp3) is 0.0952. The van der Waals surface area contributed by atoms with Crippen molar-refractivity contribution in [2.45, 2.75) is 12.8 Å². The van der Waals surface area contributed by atoms with Crippen LogP contribution in [0.25, 0.3) is 0 Å². The molecule has 0 aliphatic rings. The Morgan fingerprint density at radius 3 is 1.78 bits per heavy atom. The summed E-state index contributed by atoms with van der Waals surface area (Å²) in [6, 6.07) is 27.1. The number of para-hydroxylation sites is 1. The van der Waals surface area contributed by atoms with Crippen molar-refractivity contribution in [3.05, 3.63) is 102 Å². The second kappa shape index (κ2) is 7.41. The van der Waals surface area contributed by atoms with Crippen LogP contribution in [0.1, 0.15) is 21.5 Å². The molecule has 2 nitrogen and oxygen atoms in total. The highest BCUT2D eigenvalue weighted by atomic mass is 16.5. The fourth-order valence-electron chi connectivity index (χ4n) is 2.40. The van der Waals surface area contributed by atoms with E-state index in [1.54, 1.807) is 12.1 Å². The molecule has 0 radical (unpaired) electrons. The average Bonchev–Trinajstić information content (AvgIpc) is 2.62. The Kier molecular flexibility index (Phi) is 4.85. The number of ether oxygens (including phenoxy) is 1. The minimum absolute atomic E-state index is 0.328. The van der Waals surface area contributed by atoms with Gasteiger partial charge in [0.1, 0.15) is 5.75 Å². The van der Waals surface area contributed by atoms with Crippen LogP contribution in [0.15, 0.2) is 84.9 Å². The molecule has 0 saturated heterocycles. The zero-order chi connectivity index (χ0) is 15.9. The maximum Gasteiger partial charge on any atom is 0.343 e. The minimum atomic E-state index is -0.328. The molecule has 0 fully saturated rings. The number of esters is 1. The van der Waals surface area contributed by atoms with Crippen LogP contribution in [0.2, 0.25) is 0 Å². The Hall–Kier alpha value is -2.87. The summed E-state index contributed by atoms with van der Waals surface area (Å²) < 4.78 is 5.33. The lowest BCUT2D eigenvalue weighted by molar-refractivity contribution is 0.0735. The maximum absolute atomic E-state index is 12.1. The molecule has 0 spiro atoms. The Bertz CT molecular complexity index is 747. The first-order valence-electron chi connectivity index (χ1n) is 7.71. The van der Waals surface area contributed by atoms with Gasteiger partial charge in [0.05, 0.1) is 5.56 Å². The minimum Gasteiger partial charge on any atom is -0.423 e. The van der Waals surface area contributed by atoms with Crippen molar-refractivity contribution in [2.75, 3.05) is 0 Å². The number of carbonyl (C=O) groups is 1. The van der Waals surface area contributed by atoms with Crippen LogP contribution < -0.4 is 4.74 Å². The zero-order valence-electron chi connectivity index (χ0n) is 12.8. The summed E-state index contributed by atoms with van der Waals surface area (Å²) in [5.74, 6) is 0.233. The zero-order valence-corrected chi connectivity index (χ0v) is 12.8. The van der Waals surface area contributed by atoms with E-state index in [0.29, 0.717) is 11.3 Å². The predicted molar refractivity (Wildman–Crippen MR) is 91.7 cm³/mol. The molecule has 2 heteroatoms. The van der Waals surface area contributed by atoms with Gasteiger partial charge in [-0.2, -0.15) is 0 Å². The van der Waals surface area contributed by atoms with Crippen molar-refractivity contribution >= 4 is 5.97 Å². The van der Waals surface area contributed by atoms with Crippen LogP contribution >= 0.6 is 0 Å². The summed E-state index contributed by atoms with van der Waals surface area (Å²) in [7, 11) is 0. The van der Waals surface area contributed by atoms with Crippen molar-refractivity contribution < 1.29 is 9.53 Å². The van der Waals surface area contributed by atoms with Gasteiger partial charge in [-0.25, -0.2) is 4.79 Å². The monoisotopic (exact) mass is 302 g/mol. The number of carbonyl (C=O) groups excluding carboxylic acids is 1. The second-order valence-corrected chi connectivity index (χ2v) is 5.39. The van der Waals surface area contributed by atoms with Gasteiger partial charge >= 0.3 is 5.97 Å². The van der Waals surface area contributed by atoms with Crippen LogP contribution in [-0.2, 0) is 12.8 Å². The van der Waals surface area contributed by atoms with Gasteiger partial charge in [0.25, 0.3) is 0 Å². The lowest BCUT2D eigenvalue weighted by Gasteiger charge is -2.06. The molecular weight excluding hydrogens is 284 g/mol. The smallest absolute Gasteiger partial charge is 0.343 e. The molecule has 0 aliphatic carbocycles. The van der Waals surface area contributed by atoms with E-state index in [9.17, 15) is 4.79 Å². The first-order chi connectivity index (χ1) is 11.3. The molecule has 0 aliphatic heterocycles. The Morgan fingerprint density at radius 2 is 1.17 bits per heavy atom. The van der Waals surface area contributed by atoms with E-state index < -0.39 is 0 Å². The molecular formula is C21H18O2. The largest absolute Gasteiger partial charge is 0.423 e. The summed E-state index contributed by atoms with van der Waals surface area (Å²) in [6.45, 7) is 0. The molecule has 3 rings (SSSR count). The second-order valence-electron chi connectivity index (χ2n) is 5.39. The van der Waals surface area contributed by atoms with Crippen LogP contribution in [0.5, 0.6) is 5.75 Å². The quantitative estimate of drug-likeness (QED) is 0.505. The number of hydrogen-bond donors (Lipinski definition) is 0. The third-order valence-corrected chi connectivity index (χ3v) is 3.69. The van der Waals surface area contributed by atoms with Gasteiger partial charge in [0.2, 0.25) is 0 Å². The molecule has 0 saturated carbocycles. The number of aryl methyl sites for hydroxylation is 2. The summed E-state index contributed by atoms with van der Waals surface area (Å²) in [4.78, 5) is 12.1. The Labute approximate surface area is 136 Å². The number of hydrogen-bond acceptors (Lipinski definition) is 2. The molecule has 0 bridgehead atoms. The first-order valence-corrected chi connectivity index (χ1v) is 7.71. The highest BCUT2D eigenvalue weighted by Crippen LogP contribution is 2.13. The number of benzene rings is 3. The topological polar surface area (TPSA) is 26.3 Å². The standard InChI is InChI=1S/C21H18O2/c22-21(23-20-9-5-2-6-10-20)19-15-13-18(14-16-19)12-11-17-7-3-1-4-8-17/h1-10,13-16H,11-12H2. The van der Waals surface area contributed by atoms with E-state index in [1.807, 2.05) is 48.5 Å². The van der Waals surface area contributed by atoms with Crippen LogP contribution in [0, 0.1) is 0 Å². The van der Waals surface area contributed by atoms with Crippen molar-refractivity contribution in [3.8, 4) is 5.75 Å². The van der Waals surface area contributed by atoms with Gasteiger partial charge in [-0.15, -0.1) is 0 Å². The SMILES string of the molecule is O=C(Oc1ccccc1)c1ccc(CCc2ccccc2)cc1.